The largest absolute Gasteiger partial charge is 0.495 e. The summed E-state index contributed by atoms with van der Waals surface area (Å²) in [4.78, 5) is 11.4. The summed E-state index contributed by atoms with van der Waals surface area (Å²) in [5.41, 5.74) is 1.17. The molecule has 1 aromatic rings. The smallest absolute Gasteiger partial charge is 0.193 e. The zero-order chi connectivity index (χ0) is 17.4. The van der Waals surface area contributed by atoms with Crippen molar-refractivity contribution in [1.82, 2.24) is 15.1 Å². The summed E-state index contributed by atoms with van der Waals surface area (Å²) < 4.78 is 5.48. The van der Waals surface area contributed by atoms with Gasteiger partial charge in [-0.3, -0.25) is 4.99 Å². The molecule has 1 aromatic carbocycles. The van der Waals surface area contributed by atoms with Gasteiger partial charge in [0.1, 0.15) is 5.75 Å². The van der Waals surface area contributed by atoms with E-state index in [1.54, 1.807) is 7.11 Å². The molecule has 1 fully saturated rings. The van der Waals surface area contributed by atoms with Crippen LogP contribution in [-0.2, 0) is 0 Å². The summed E-state index contributed by atoms with van der Waals surface area (Å²) in [6, 6.07) is 8.23. The molecule has 0 spiro atoms. The molecule has 0 amide bonds. The number of para-hydroxylation sites is 2. The topological polar surface area (TPSA) is 43.3 Å². The summed E-state index contributed by atoms with van der Waals surface area (Å²) in [6.45, 7) is 5.91. The molecule has 6 nitrogen and oxygen atoms in total. The van der Waals surface area contributed by atoms with E-state index in [2.05, 4.69) is 51.2 Å². The first kappa shape index (κ1) is 18.4. The van der Waals surface area contributed by atoms with Gasteiger partial charge in [0.15, 0.2) is 5.96 Å². The Bertz CT molecular complexity index is 524. The molecule has 24 heavy (non-hydrogen) atoms. The fourth-order valence-corrected chi connectivity index (χ4v) is 2.98. The number of rotatable bonds is 6. The van der Waals surface area contributed by atoms with E-state index < -0.39 is 0 Å². The molecular formula is C18H31N5O. The molecule has 0 unspecified atom stereocenters. The fourth-order valence-electron chi connectivity index (χ4n) is 2.98. The van der Waals surface area contributed by atoms with Crippen LogP contribution in [0.25, 0.3) is 0 Å². The number of piperazine rings is 1. The lowest BCUT2D eigenvalue weighted by molar-refractivity contribution is 0.362. The molecule has 1 aliphatic heterocycles. The average molecular weight is 333 g/mol. The Morgan fingerprint density at radius 3 is 2.54 bits per heavy atom. The van der Waals surface area contributed by atoms with Crippen LogP contribution in [0, 0.1) is 0 Å². The zero-order valence-electron chi connectivity index (χ0n) is 15.5. The molecule has 0 atom stereocenters. The Morgan fingerprint density at radius 1 is 1.21 bits per heavy atom. The number of benzene rings is 1. The van der Waals surface area contributed by atoms with Crippen molar-refractivity contribution in [2.45, 2.75) is 6.42 Å². The maximum Gasteiger partial charge on any atom is 0.193 e. The molecule has 0 saturated carbocycles. The van der Waals surface area contributed by atoms with Gasteiger partial charge in [0.25, 0.3) is 0 Å². The van der Waals surface area contributed by atoms with E-state index in [9.17, 15) is 0 Å². The van der Waals surface area contributed by atoms with Gasteiger partial charge in [-0.15, -0.1) is 0 Å². The normalized spacial score (nSPS) is 15.8. The molecular weight excluding hydrogens is 302 g/mol. The maximum atomic E-state index is 5.48. The van der Waals surface area contributed by atoms with Gasteiger partial charge >= 0.3 is 0 Å². The highest BCUT2D eigenvalue weighted by atomic mass is 16.5. The van der Waals surface area contributed by atoms with Crippen molar-refractivity contribution in [1.29, 1.82) is 0 Å². The third kappa shape index (κ3) is 5.03. The first-order chi connectivity index (χ1) is 11.7. The van der Waals surface area contributed by atoms with Crippen molar-refractivity contribution in [3.63, 3.8) is 0 Å². The summed E-state index contributed by atoms with van der Waals surface area (Å²) in [7, 11) is 7.80. The van der Waals surface area contributed by atoms with Crippen LogP contribution in [0.5, 0.6) is 5.75 Å². The summed E-state index contributed by atoms with van der Waals surface area (Å²) in [6.07, 6.45) is 1.12. The van der Waals surface area contributed by atoms with Crippen molar-refractivity contribution in [3.8, 4) is 5.75 Å². The summed E-state index contributed by atoms with van der Waals surface area (Å²) in [5, 5.41) is 3.48. The maximum absolute atomic E-state index is 5.48. The highest BCUT2D eigenvalue weighted by Gasteiger charge is 2.21. The molecule has 0 aliphatic carbocycles. The first-order valence-corrected chi connectivity index (χ1v) is 8.64. The Kier molecular flexibility index (Phi) is 7.18. The number of nitrogens with one attached hydrogen (secondary N) is 1. The van der Waals surface area contributed by atoms with E-state index in [1.807, 2.05) is 19.2 Å². The van der Waals surface area contributed by atoms with Crippen LogP contribution in [0.4, 0.5) is 5.69 Å². The lowest BCUT2D eigenvalue weighted by atomic mass is 10.2. The monoisotopic (exact) mass is 333 g/mol. The number of ether oxygens (including phenoxy) is 1. The van der Waals surface area contributed by atoms with Crippen LogP contribution < -0.4 is 15.0 Å². The molecule has 1 aliphatic rings. The number of guanidine groups is 1. The second-order valence-corrected chi connectivity index (χ2v) is 6.28. The van der Waals surface area contributed by atoms with E-state index >= 15 is 0 Å². The minimum atomic E-state index is 0.942. The van der Waals surface area contributed by atoms with Crippen LogP contribution in [0.1, 0.15) is 6.42 Å². The highest BCUT2D eigenvalue weighted by Crippen LogP contribution is 2.28. The Labute approximate surface area is 146 Å². The van der Waals surface area contributed by atoms with Gasteiger partial charge in [0.2, 0.25) is 0 Å². The second kappa shape index (κ2) is 9.37. The van der Waals surface area contributed by atoms with E-state index in [-0.39, 0.29) is 0 Å². The summed E-state index contributed by atoms with van der Waals surface area (Å²) >= 11 is 0. The second-order valence-electron chi connectivity index (χ2n) is 6.28. The lowest BCUT2D eigenvalue weighted by Crippen LogP contribution is -2.52. The van der Waals surface area contributed by atoms with Gasteiger partial charge in [-0.1, -0.05) is 12.1 Å². The van der Waals surface area contributed by atoms with Gasteiger partial charge in [0.05, 0.1) is 12.8 Å². The number of hydrogen-bond donors (Lipinski definition) is 1. The van der Waals surface area contributed by atoms with E-state index in [0.717, 1.165) is 57.4 Å². The Morgan fingerprint density at radius 2 is 1.92 bits per heavy atom. The van der Waals surface area contributed by atoms with Crippen molar-refractivity contribution in [3.05, 3.63) is 24.3 Å². The van der Waals surface area contributed by atoms with Crippen LogP contribution in [0.15, 0.2) is 29.3 Å². The first-order valence-electron chi connectivity index (χ1n) is 8.64. The van der Waals surface area contributed by atoms with E-state index in [4.69, 9.17) is 4.74 Å². The Balaban J connectivity index is 1.84. The van der Waals surface area contributed by atoms with Gasteiger partial charge < -0.3 is 24.8 Å². The average Bonchev–Trinajstić information content (AvgIpc) is 2.62. The molecule has 0 radical (unpaired) electrons. The lowest BCUT2D eigenvalue weighted by Gasteiger charge is -2.38. The van der Waals surface area contributed by atoms with Crippen LogP contribution in [0.3, 0.4) is 0 Å². The van der Waals surface area contributed by atoms with Crippen molar-refractivity contribution < 1.29 is 4.74 Å². The molecule has 2 rings (SSSR count). The highest BCUT2D eigenvalue weighted by molar-refractivity contribution is 5.80. The third-order valence-corrected chi connectivity index (χ3v) is 4.28. The van der Waals surface area contributed by atoms with Crippen LogP contribution in [-0.4, -0.2) is 83.3 Å². The minimum absolute atomic E-state index is 0.942. The third-order valence-electron chi connectivity index (χ3n) is 4.28. The van der Waals surface area contributed by atoms with Crippen molar-refractivity contribution in [2.75, 3.05) is 72.4 Å². The van der Waals surface area contributed by atoms with Crippen molar-refractivity contribution >= 4 is 11.6 Å². The number of hydrogen-bond acceptors (Lipinski definition) is 4. The standard InChI is InChI=1S/C18H31N5O/c1-19-18(20-10-7-11-21(2)3)23-14-12-22(13-15-23)16-8-5-6-9-17(16)24-4/h5-6,8-9H,7,10-15H2,1-4H3,(H,19,20). The van der Waals surface area contributed by atoms with Gasteiger partial charge in [0, 0.05) is 39.8 Å². The van der Waals surface area contributed by atoms with Crippen molar-refractivity contribution in [2.24, 2.45) is 4.99 Å². The quantitative estimate of drug-likeness (QED) is 0.484. The van der Waals surface area contributed by atoms with Crippen LogP contribution >= 0.6 is 0 Å². The number of methoxy groups -OCH3 is 1. The van der Waals surface area contributed by atoms with E-state index in [0.29, 0.717) is 0 Å². The number of anilines is 1. The van der Waals surface area contributed by atoms with E-state index in [1.165, 1.54) is 5.69 Å². The predicted octanol–water partition coefficient (Wildman–Crippen LogP) is 1.34. The predicted molar refractivity (Wildman–Crippen MR) is 101 cm³/mol. The van der Waals surface area contributed by atoms with Crippen LogP contribution in [0.2, 0.25) is 0 Å². The van der Waals surface area contributed by atoms with Gasteiger partial charge in [-0.25, -0.2) is 0 Å². The molecule has 0 bridgehead atoms. The molecule has 1 N–H and O–H groups in total. The molecule has 6 heteroatoms. The SMILES string of the molecule is CN=C(NCCCN(C)C)N1CCN(c2ccccc2OC)CC1. The molecule has 1 saturated heterocycles. The van der Waals surface area contributed by atoms with Gasteiger partial charge in [-0.2, -0.15) is 0 Å². The summed E-state index contributed by atoms with van der Waals surface area (Å²) in [5.74, 6) is 1.95. The Hall–Kier alpha value is -1.95. The zero-order valence-corrected chi connectivity index (χ0v) is 15.5. The molecule has 0 aromatic heterocycles. The molecule has 1 heterocycles. The molecule has 134 valence electrons. The number of aliphatic imine (C=N–C) groups is 1. The number of nitrogens with zero attached hydrogens (tertiary/aromatic N) is 4. The van der Waals surface area contributed by atoms with Gasteiger partial charge in [-0.05, 0) is 39.2 Å². The fraction of sp³-hybridized carbons (Fsp3) is 0.611. The minimum Gasteiger partial charge on any atom is -0.495 e.